The summed E-state index contributed by atoms with van der Waals surface area (Å²) in [7, 11) is 0. The molecule has 1 aliphatic heterocycles. The van der Waals surface area contributed by atoms with Gasteiger partial charge in [0, 0.05) is 31.8 Å². The molecule has 1 atom stereocenters. The molecule has 1 fully saturated rings. The summed E-state index contributed by atoms with van der Waals surface area (Å²) in [5.41, 5.74) is 7.27. The second-order valence-electron chi connectivity index (χ2n) is 4.82. The number of nitrogens with two attached hydrogens (primary N) is 1. The zero-order chi connectivity index (χ0) is 13.0. The SMILES string of the molecule is NCc1cccc(C(=O)N2CCC(CCO)C2)c1. The van der Waals surface area contributed by atoms with Crippen molar-refractivity contribution in [2.75, 3.05) is 19.7 Å². The average Bonchev–Trinajstić information content (AvgIpc) is 2.87. The number of carbonyl (C=O) groups is 1. The van der Waals surface area contributed by atoms with E-state index in [0.717, 1.165) is 31.5 Å². The molecule has 0 aromatic heterocycles. The fourth-order valence-corrected chi connectivity index (χ4v) is 2.45. The van der Waals surface area contributed by atoms with Crippen LogP contribution in [0.1, 0.15) is 28.8 Å². The van der Waals surface area contributed by atoms with Crippen LogP contribution in [0.3, 0.4) is 0 Å². The molecule has 0 bridgehead atoms. The molecular weight excluding hydrogens is 228 g/mol. The molecule has 1 heterocycles. The van der Waals surface area contributed by atoms with E-state index in [-0.39, 0.29) is 12.5 Å². The maximum atomic E-state index is 12.3. The Bertz CT molecular complexity index is 420. The minimum absolute atomic E-state index is 0.0748. The Balaban J connectivity index is 2.03. The first-order valence-corrected chi connectivity index (χ1v) is 6.43. The van der Waals surface area contributed by atoms with E-state index in [9.17, 15) is 4.79 Å². The van der Waals surface area contributed by atoms with Crippen molar-refractivity contribution in [1.29, 1.82) is 0 Å². The van der Waals surface area contributed by atoms with E-state index in [4.69, 9.17) is 10.8 Å². The smallest absolute Gasteiger partial charge is 0.253 e. The van der Waals surface area contributed by atoms with Crippen LogP contribution in [0.5, 0.6) is 0 Å². The largest absolute Gasteiger partial charge is 0.396 e. The lowest BCUT2D eigenvalue weighted by Gasteiger charge is -2.16. The molecule has 2 rings (SSSR count). The summed E-state index contributed by atoms with van der Waals surface area (Å²) in [6, 6.07) is 7.49. The second kappa shape index (κ2) is 5.98. The first-order chi connectivity index (χ1) is 8.74. The molecule has 1 aliphatic rings. The normalized spacial score (nSPS) is 19.2. The van der Waals surface area contributed by atoms with Crippen molar-refractivity contribution in [1.82, 2.24) is 4.90 Å². The van der Waals surface area contributed by atoms with Crippen molar-refractivity contribution < 1.29 is 9.90 Å². The van der Waals surface area contributed by atoms with E-state index >= 15 is 0 Å². The zero-order valence-electron chi connectivity index (χ0n) is 10.5. The van der Waals surface area contributed by atoms with Crippen LogP contribution < -0.4 is 5.73 Å². The molecule has 1 aromatic carbocycles. The van der Waals surface area contributed by atoms with Crippen LogP contribution in [0.2, 0.25) is 0 Å². The van der Waals surface area contributed by atoms with Crippen molar-refractivity contribution in [3.8, 4) is 0 Å². The number of hydrogen-bond donors (Lipinski definition) is 2. The van der Waals surface area contributed by atoms with Gasteiger partial charge in [-0.25, -0.2) is 0 Å². The summed E-state index contributed by atoms with van der Waals surface area (Å²) in [6.45, 7) is 2.20. The first kappa shape index (κ1) is 13.1. The van der Waals surface area contributed by atoms with Crippen LogP contribution >= 0.6 is 0 Å². The summed E-state index contributed by atoms with van der Waals surface area (Å²) < 4.78 is 0. The summed E-state index contributed by atoms with van der Waals surface area (Å²) in [4.78, 5) is 14.2. The summed E-state index contributed by atoms with van der Waals surface area (Å²) in [5.74, 6) is 0.516. The van der Waals surface area contributed by atoms with Crippen LogP contribution in [0.4, 0.5) is 0 Å². The topological polar surface area (TPSA) is 66.6 Å². The Morgan fingerprint density at radius 3 is 3.06 bits per heavy atom. The van der Waals surface area contributed by atoms with Crippen LogP contribution in [-0.2, 0) is 6.54 Å². The van der Waals surface area contributed by atoms with Crippen molar-refractivity contribution in [2.45, 2.75) is 19.4 Å². The van der Waals surface area contributed by atoms with Gasteiger partial charge in [0.1, 0.15) is 0 Å². The summed E-state index contributed by atoms with van der Waals surface area (Å²) in [5, 5.41) is 8.92. The quantitative estimate of drug-likeness (QED) is 0.835. The first-order valence-electron chi connectivity index (χ1n) is 6.43. The van der Waals surface area contributed by atoms with E-state index in [0.29, 0.717) is 18.0 Å². The Morgan fingerprint density at radius 1 is 1.50 bits per heavy atom. The molecule has 4 nitrogen and oxygen atoms in total. The molecule has 18 heavy (non-hydrogen) atoms. The number of rotatable bonds is 4. The van der Waals surface area contributed by atoms with Gasteiger partial charge in [0.25, 0.3) is 5.91 Å². The second-order valence-corrected chi connectivity index (χ2v) is 4.82. The number of aliphatic hydroxyl groups excluding tert-OH is 1. The molecule has 3 N–H and O–H groups in total. The van der Waals surface area contributed by atoms with E-state index in [2.05, 4.69) is 0 Å². The fraction of sp³-hybridized carbons (Fsp3) is 0.500. The summed E-state index contributed by atoms with van der Waals surface area (Å²) in [6.07, 6.45) is 1.77. The van der Waals surface area contributed by atoms with Gasteiger partial charge in [0.05, 0.1) is 0 Å². The van der Waals surface area contributed by atoms with Crippen molar-refractivity contribution in [3.63, 3.8) is 0 Å². The molecule has 0 spiro atoms. The third-order valence-electron chi connectivity index (χ3n) is 3.52. The predicted octanol–water partition coefficient (Wildman–Crippen LogP) is 0.990. The minimum Gasteiger partial charge on any atom is -0.396 e. The standard InChI is InChI=1S/C14H20N2O2/c15-9-12-2-1-3-13(8-12)14(18)16-6-4-11(10-16)5-7-17/h1-3,8,11,17H,4-7,9-10,15H2. The fourth-order valence-electron chi connectivity index (χ4n) is 2.45. The zero-order valence-corrected chi connectivity index (χ0v) is 10.5. The Morgan fingerprint density at radius 2 is 2.33 bits per heavy atom. The number of benzene rings is 1. The van der Waals surface area contributed by atoms with Gasteiger partial charge in [-0.1, -0.05) is 12.1 Å². The molecule has 1 amide bonds. The number of aliphatic hydroxyl groups is 1. The van der Waals surface area contributed by atoms with Gasteiger partial charge >= 0.3 is 0 Å². The van der Waals surface area contributed by atoms with Gasteiger partial charge in [-0.2, -0.15) is 0 Å². The Labute approximate surface area is 107 Å². The lowest BCUT2D eigenvalue weighted by Crippen LogP contribution is -2.28. The molecule has 1 aromatic rings. The number of hydrogen-bond acceptors (Lipinski definition) is 3. The maximum absolute atomic E-state index is 12.3. The van der Waals surface area contributed by atoms with Crippen molar-refractivity contribution >= 4 is 5.91 Å². The van der Waals surface area contributed by atoms with Crippen LogP contribution in [-0.4, -0.2) is 35.6 Å². The highest BCUT2D eigenvalue weighted by Gasteiger charge is 2.26. The summed E-state index contributed by atoms with van der Waals surface area (Å²) >= 11 is 0. The van der Waals surface area contributed by atoms with Crippen LogP contribution in [0.25, 0.3) is 0 Å². The average molecular weight is 248 g/mol. The third-order valence-corrected chi connectivity index (χ3v) is 3.52. The highest BCUT2D eigenvalue weighted by atomic mass is 16.3. The molecule has 4 heteroatoms. The van der Waals surface area contributed by atoms with Crippen molar-refractivity contribution in [3.05, 3.63) is 35.4 Å². The maximum Gasteiger partial charge on any atom is 0.253 e. The molecule has 98 valence electrons. The number of nitrogens with zero attached hydrogens (tertiary/aromatic N) is 1. The van der Waals surface area contributed by atoms with Gasteiger partial charge in [-0.05, 0) is 36.5 Å². The molecule has 0 saturated carbocycles. The van der Waals surface area contributed by atoms with Gasteiger partial charge in [-0.3, -0.25) is 4.79 Å². The predicted molar refractivity (Wildman–Crippen MR) is 70.0 cm³/mol. The lowest BCUT2D eigenvalue weighted by atomic mass is 10.1. The Hall–Kier alpha value is -1.39. The third kappa shape index (κ3) is 2.89. The van der Waals surface area contributed by atoms with Gasteiger partial charge in [0.15, 0.2) is 0 Å². The molecule has 0 radical (unpaired) electrons. The highest BCUT2D eigenvalue weighted by molar-refractivity contribution is 5.94. The molecule has 0 aliphatic carbocycles. The van der Waals surface area contributed by atoms with E-state index in [1.54, 1.807) is 0 Å². The van der Waals surface area contributed by atoms with Gasteiger partial charge in [-0.15, -0.1) is 0 Å². The van der Waals surface area contributed by atoms with Gasteiger partial charge in [0.2, 0.25) is 0 Å². The highest BCUT2D eigenvalue weighted by Crippen LogP contribution is 2.21. The number of carbonyl (C=O) groups excluding carboxylic acids is 1. The van der Waals surface area contributed by atoms with E-state index < -0.39 is 0 Å². The Kier molecular flexibility index (Phi) is 4.33. The number of likely N-dealkylation sites (tertiary alicyclic amines) is 1. The van der Waals surface area contributed by atoms with Gasteiger partial charge < -0.3 is 15.7 Å². The van der Waals surface area contributed by atoms with Crippen LogP contribution in [0, 0.1) is 5.92 Å². The molecule has 1 unspecified atom stereocenters. The minimum atomic E-state index is 0.0748. The molecular formula is C14H20N2O2. The lowest BCUT2D eigenvalue weighted by molar-refractivity contribution is 0.0784. The van der Waals surface area contributed by atoms with E-state index in [1.165, 1.54) is 0 Å². The molecule has 1 saturated heterocycles. The van der Waals surface area contributed by atoms with E-state index in [1.807, 2.05) is 29.2 Å². The van der Waals surface area contributed by atoms with Crippen LogP contribution in [0.15, 0.2) is 24.3 Å². The van der Waals surface area contributed by atoms with Crippen molar-refractivity contribution in [2.24, 2.45) is 11.7 Å². The number of amides is 1. The monoisotopic (exact) mass is 248 g/mol.